The molecule has 4 nitrogen and oxygen atoms in total. The van der Waals surface area contributed by atoms with Gasteiger partial charge in [-0.1, -0.05) is 30.7 Å². The van der Waals surface area contributed by atoms with E-state index in [0.29, 0.717) is 35.5 Å². The number of likely N-dealkylation sites (tertiary alicyclic amines) is 1. The highest BCUT2D eigenvalue weighted by Gasteiger charge is 2.46. The summed E-state index contributed by atoms with van der Waals surface area (Å²) in [4.78, 5) is 20.6. The van der Waals surface area contributed by atoms with Crippen molar-refractivity contribution >= 4 is 11.7 Å². The number of aliphatic imine (C=N–C) groups is 1. The zero-order chi connectivity index (χ0) is 22.0. The summed E-state index contributed by atoms with van der Waals surface area (Å²) >= 11 is 0. The minimum atomic E-state index is -1.33. The molecule has 4 rings (SSSR count). The molecule has 2 aliphatic heterocycles. The highest BCUT2D eigenvalue weighted by Crippen LogP contribution is 2.38. The van der Waals surface area contributed by atoms with Gasteiger partial charge in [-0.15, -0.1) is 0 Å². The molecule has 1 amide bonds. The standard InChI is InChI=1S/C25H29F2N3O/c1-17-5-3-6-18(2)30(17)16-4-7-23-28-24(31)25(29-23,19-8-12-21(26)13-9-19)20-10-14-22(27)15-11-20/h8-15,17-18H,3-7,16H2,1-2H3,(H,28,29,31). The highest BCUT2D eigenvalue weighted by molar-refractivity contribution is 6.10. The summed E-state index contributed by atoms with van der Waals surface area (Å²) in [5.74, 6) is -0.438. The van der Waals surface area contributed by atoms with E-state index in [9.17, 15) is 13.6 Å². The van der Waals surface area contributed by atoms with Gasteiger partial charge in [0, 0.05) is 18.5 Å². The molecule has 1 fully saturated rings. The summed E-state index contributed by atoms with van der Waals surface area (Å²) < 4.78 is 27.1. The van der Waals surface area contributed by atoms with Crippen molar-refractivity contribution in [1.82, 2.24) is 10.2 Å². The first kappa shape index (κ1) is 21.6. The van der Waals surface area contributed by atoms with E-state index in [2.05, 4.69) is 24.1 Å². The first-order valence-electron chi connectivity index (χ1n) is 11.1. The number of benzene rings is 2. The number of carbonyl (C=O) groups excluding carboxylic acids is 1. The fourth-order valence-electron chi connectivity index (χ4n) is 4.91. The predicted molar refractivity (Wildman–Crippen MR) is 118 cm³/mol. The molecule has 2 unspecified atom stereocenters. The summed E-state index contributed by atoms with van der Waals surface area (Å²) in [6.07, 6.45) is 5.25. The Labute approximate surface area is 182 Å². The zero-order valence-corrected chi connectivity index (χ0v) is 18.1. The van der Waals surface area contributed by atoms with Crippen LogP contribution in [0.4, 0.5) is 8.78 Å². The van der Waals surface area contributed by atoms with Gasteiger partial charge in [0.1, 0.15) is 17.5 Å². The minimum Gasteiger partial charge on any atom is -0.312 e. The van der Waals surface area contributed by atoms with Crippen LogP contribution in [0.2, 0.25) is 0 Å². The molecule has 0 aromatic heterocycles. The number of rotatable bonds is 6. The molecule has 2 aliphatic rings. The van der Waals surface area contributed by atoms with E-state index in [4.69, 9.17) is 4.99 Å². The monoisotopic (exact) mass is 425 g/mol. The molecule has 0 saturated carbocycles. The number of amides is 1. The van der Waals surface area contributed by atoms with E-state index in [-0.39, 0.29) is 17.5 Å². The Balaban J connectivity index is 1.59. The van der Waals surface area contributed by atoms with Crippen LogP contribution in [0.3, 0.4) is 0 Å². The molecular formula is C25H29F2N3O. The van der Waals surface area contributed by atoms with Gasteiger partial charge in [-0.25, -0.2) is 13.8 Å². The van der Waals surface area contributed by atoms with Crippen molar-refractivity contribution in [3.05, 3.63) is 71.3 Å². The molecular weight excluding hydrogens is 396 g/mol. The fraction of sp³-hybridized carbons (Fsp3) is 0.440. The molecule has 6 heteroatoms. The SMILES string of the molecule is CC1CCCC(C)N1CCCC1=NC(c2ccc(F)cc2)(c2ccc(F)cc2)C(=O)N1. The third-order valence-electron chi connectivity index (χ3n) is 6.62. The van der Waals surface area contributed by atoms with Gasteiger partial charge in [-0.3, -0.25) is 9.69 Å². The summed E-state index contributed by atoms with van der Waals surface area (Å²) in [5.41, 5.74) is -0.208. The normalized spacial score (nSPS) is 23.5. The second-order valence-corrected chi connectivity index (χ2v) is 8.71. The van der Waals surface area contributed by atoms with E-state index in [1.54, 1.807) is 24.3 Å². The highest BCUT2D eigenvalue weighted by atomic mass is 19.1. The van der Waals surface area contributed by atoms with Crippen molar-refractivity contribution in [3.8, 4) is 0 Å². The summed E-state index contributed by atoms with van der Waals surface area (Å²) in [5, 5.41) is 2.94. The van der Waals surface area contributed by atoms with Crippen LogP contribution in [0.1, 0.15) is 57.1 Å². The molecule has 31 heavy (non-hydrogen) atoms. The Morgan fingerprint density at radius 2 is 1.48 bits per heavy atom. The van der Waals surface area contributed by atoms with Crippen LogP contribution in [0.5, 0.6) is 0 Å². The van der Waals surface area contributed by atoms with Crippen molar-refractivity contribution in [3.63, 3.8) is 0 Å². The topological polar surface area (TPSA) is 44.7 Å². The number of nitrogens with zero attached hydrogens (tertiary/aromatic N) is 2. The maximum absolute atomic E-state index is 13.5. The average molecular weight is 426 g/mol. The number of hydrogen-bond donors (Lipinski definition) is 1. The van der Waals surface area contributed by atoms with Gasteiger partial charge in [0.25, 0.3) is 5.91 Å². The number of piperidine rings is 1. The Bertz CT molecular complexity index is 900. The van der Waals surface area contributed by atoms with Gasteiger partial charge < -0.3 is 5.32 Å². The molecule has 0 bridgehead atoms. The summed E-state index contributed by atoms with van der Waals surface area (Å²) in [7, 11) is 0. The Kier molecular flexibility index (Phi) is 6.19. The number of hydrogen-bond acceptors (Lipinski definition) is 3. The third kappa shape index (κ3) is 4.26. The van der Waals surface area contributed by atoms with Crippen molar-refractivity contribution in [1.29, 1.82) is 0 Å². The lowest BCUT2D eigenvalue weighted by atomic mass is 9.83. The van der Waals surface area contributed by atoms with Gasteiger partial charge in [-0.2, -0.15) is 0 Å². The second-order valence-electron chi connectivity index (χ2n) is 8.71. The first-order chi connectivity index (χ1) is 14.9. The second kappa shape index (κ2) is 8.87. The van der Waals surface area contributed by atoms with E-state index in [1.165, 1.54) is 43.5 Å². The number of amidine groups is 1. The molecule has 164 valence electrons. The third-order valence-corrected chi connectivity index (χ3v) is 6.62. The Hall–Kier alpha value is -2.60. The lowest BCUT2D eigenvalue weighted by molar-refractivity contribution is -0.122. The molecule has 2 atom stereocenters. The minimum absolute atomic E-state index is 0.291. The Morgan fingerprint density at radius 1 is 0.968 bits per heavy atom. The largest absolute Gasteiger partial charge is 0.312 e. The zero-order valence-electron chi connectivity index (χ0n) is 18.1. The quantitative estimate of drug-likeness (QED) is 0.724. The van der Waals surface area contributed by atoms with Crippen LogP contribution in [0, 0.1) is 11.6 Å². The molecule has 0 radical (unpaired) electrons. The first-order valence-corrected chi connectivity index (χ1v) is 11.1. The van der Waals surface area contributed by atoms with Crippen molar-refractivity contribution < 1.29 is 13.6 Å². The number of carbonyl (C=O) groups is 1. The van der Waals surface area contributed by atoms with Crippen LogP contribution < -0.4 is 5.32 Å². The lowest BCUT2D eigenvalue weighted by Gasteiger charge is -2.39. The maximum Gasteiger partial charge on any atom is 0.262 e. The predicted octanol–water partition coefficient (Wildman–Crippen LogP) is 4.78. The van der Waals surface area contributed by atoms with Crippen molar-refractivity contribution in [2.24, 2.45) is 4.99 Å². The van der Waals surface area contributed by atoms with Crippen LogP contribution in [-0.4, -0.2) is 35.3 Å². The van der Waals surface area contributed by atoms with Crippen molar-refractivity contribution in [2.75, 3.05) is 6.54 Å². The van der Waals surface area contributed by atoms with Crippen molar-refractivity contribution in [2.45, 2.75) is 63.6 Å². The van der Waals surface area contributed by atoms with Crippen LogP contribution >= 0.6 is 0 Å². The van der Waals surface area contributed by atoms with E-state index < -0.39 is 5.54 Å². The number of nitrogens with one attached hydrogen (secondary N) is 1. The maximum atomic E-state index is 13.5. The Morgan fingerprint density at radius 3 is 2.00 bits per heavy atom. The molecule has 1 saturated heterocycles. The van der Waals surface area contributed by atoms with Crippen LogP contribution in [0.25, 0.3) is 0 Å². The average Bonchev–Trinajstić information content (AvgIpc) is 3.08. The van der Waals surface area contributed by atoms with Gasteiger partial charge in [0.2, 0.25) is 0 Å². The molecule has 0 spiro atoms. The molecule has 1 N–H and O–H groups in total. The van der Waals surface area contributed by atoms with Crippen LogP contribution in [-0.2, 0) is 10.3 Å². The van der Waals surface area contributed by atoms with Gasteiger partial charge in [0.05, 0.1) is 0 Å². The summed E-state index contributed by atoms with van der Waals surface area (Å²) in [6, 6.07) is 12.7. The van der Waals surface area contributed by atoms with Crippen LogP contribution in [0.15, 0.2) is 53.5 Å². The van der Waals surface area contributed by atoms with E-state index >= 15 is 0 Å². The van der Waals surface area contributed by atoms with Gasteiger partial charge in [-0.05, 0) is 75.0 Å². The summed E-state index contributed by atoms with van der Waals surface area (Å²) in [6.45, 7) is 5.51. The lowest BCUT2D eigenvalue weighted by Crippen LogP contribution is -2.44. The fourth-order valence-corrected chi connectivity index (χ4v) is 4.91. The smallest absolute Gasteiger partial charge is 0.262 e. The van der Waals surface area contributed by atoms with Gasteiger partial charge >= 0.3 is 0 Å². The molecule has 2 heterocycles. The van der Waals surface area contributed by atoms with Gasteiger partial charge in [0.15, 0.2) is 5.54 Å². The molecule has 0 aliphatic carbocycles. The van der Waals surface area contributed by atoms with E-state index in [0.717, 1.165) is 13.0 Å². The molecule has 2 aromatic rings. The van der Waals surface area contributed by atoms with E-state index in [1.807, 2.05) is 0 Å². The molecule has 2 aromatic carbocycles. The number of halogens is 2.